The second kappa shape index (κ2) is 14.1. The number of esters is 2. The molecule has 0 bridgehead atoms. The zero-order valence-electron chi connectivity index (χ0n) is 24.0. The van der Waals surface area contributed by atoms with Crippen molar-refractivity contribution in [3.63, 3.8) is 0 Å². The minimum Gasteiger partial charge on any atom is -0.477 e. The number of carboxylic acids is 1. The third-order valence-corrected chi connectivity index (χ3v) is 10.1. The van der Waals surface area contributed by atoms with Crippen molar-refractivity contribution in [2.24, 2.45) is 0 Å². The van der Waals surface area contributed by atoms with E-state index in [1.807, 2.05) is 0 Å². The molecule has 2 fully saturated rings. The van der Waals surface area contributed by atoms with Gasteiger partial charge < -0.3 is 24.1 Å². The van der Waals surface area contributed by atoms with Gasteiger partial charge >= 0.3 is 43.4 Å². The van der Waals surface area contributed by atoms with Crippen LogP contribution in [0.3, 0.4) is 0 Å². The first-order valence-electron chi connectivity index (χ1n) is 13.4. The van der Waals surface area contributed by atoms with E-state index in [-0.39, 0.29) is 36.2 Å². The molecule has 2 amide bonds. The molecule has 2 aliphatic heterocycles. The molecule has 0 radical (unpaired) electrons. The summed E-state index contributed by atoms with van der Waals surface area (Å²) in [5.41, 5.74) is -5.35. The summed E-state index contributed by atoms with van der Waals surface area (Å²) in [6.45, 7) is -2.43. The summed E-state index contributed by atoms with van der Waals surface area (Å²) in [5, 5.41) is 9.35. The summed E-state index contributed by atoms with van der Waals surface area (Å²) in [7, 11) is -3.45. The van der Waals surface area contributed by atoms with Crippen LogP contribution in [-0.2, 0) is 47.8 Å². The average molecular weight is 679 g/mol. The largest absolute Gasteiger partial charge is 0.477 e. The summed E-state index contributed by atoms with van der Waals surface area (Å²) >= 11 is 0.832. The highest BCUT2D eigenvalue weighted by atomic mass is 32.1. The fourth-order valence-electron chi connectivity index (χ4n) is 4.88. The third kappa shape index (κ3) is 7.19. The molecule has 45 heavy (non-hydrogen) atoms. The van der Waals surface area contributed by atoms with Crippen LogP contribution in [0.15, 0.2) is 24.3 Å². The predicted octanol–water partition coefficient (Wildman–Crippen LogP) is 4.34. The number of rotatable bonds is 11. The molecule has 0 spiro atoms. The number of aromatic carboxylic acids is 1. The second-order valence-corrected chi connectivity index (χ2v) is 12.9. The molecule has 2 aliphatic rings. The smallest absolute Gasteiger partial charge is 0.412 e. The number of amides is 2. The molecule has 4 rings (SSSR count). The lowest BCUT2D eigenvalue weighted by molar-refractivity contribution is -0.146. The number of halogens is 2. The van der Waals surface area contributed by atoms with Gasteiger partial charge in [0.2, 0.25) is 13.6 Å². The number of methoxy groups -OCH3 is 2. The minimum atomic E-state index is -5.71. The molecule has 1 aromatic carbocycles. The maximum atomic E-state index is 15.9. The number of ether oxygens (including phenoxy) is 4. The number of nitrogens with zero attached hydrogens (tertiary/aromatic N) is 2. The van der Waals surface area contributed by atoms with Crippen LogP contribution < -0.4 is 0 Å². The Balaban J connectivity index is 1.52. The highest BCUT2D eigenvalue weighted by Crippen LogP contribution is 2.67. The van der Waals surface area contributed by atoms with Gasteiger partial charge in [-0.2, -0.15) is 8.78 Å². The van der Waals surface area contributed by atoms with E-state index in [0.29, 0.717) is 17.5 Å². The molecule has 2 aromatic rings. The van der Waals surface area contributed by atoms with E-state index < -0.39 is 74.6 Å². The van der Waals surface area contributed by atoms with Gasteiger partial charge in [-0.05, 0) is 49.3 Å². The summed E-state index contributed by atoms with van der Waals surface area (Å²) in [6.07, 6.45) is -0.847. The van der Waals surface area contributed by atoms with E-state index >= 15 is 8.78 Å². The fourth-order valence-corrected chi connectivity index (χ4v) is 7.00. The molecule has 0 aliphatic carbocycles. The lowest BCUT2D eigenvalue weighted by Gasteiger charge is -2.28. The molecular formula is C26H29F2N2O13PS. The normalized spacial score (nSPS) is 18.6. The van der Waals surface area contributed by atoms with Crippen molar-refractivity contribution in [1.82, 2.24) is 9.80 Å². The zero-order valence-corrected chi connectivity index (χ0v) is 25.7. The number of carbonyl (C=O) groups excluding carboxylic acids is 4. The van der Waals surface area contributed by atoms with Crippen molar-refractivity contribution < 1.29 is 70.4 Å². The van der Waals surface area contributed by atoms with E-state index in [1.54, 1.807) is 0 Å². The first-order valence-corrected chi connectivity index (χ1v) is 15.8. The van der Waals surface area contributed by atoms with E-state index in [1.165, 1.54) is 6.07 Å². The van der Waals surface area contributed by atoms with E-state index in [0.717, 1.165) is 53.6 Å². The molecule has 3 heterocycles. The number of carboxylic acid groups (broad SMARTS) is 1. The Morgan fingerprint density at radius 2 is 1.42 bits per heavy atom. The number of thiophene rings is 1. The monoisotopic (exact) mass is 678 g/mol. The van der Waals surface area contributed by atoms with Crippen molar-refractivity contribution in [2.45, 2.75) is 43.4 Å². The van der Waals surface area contributed by atoms with Gasteiger partial charge in [0, 0.05) is 23.4 Å². The van der Waals surface area contributed by atoms with Gasteiger partial charge in [-0.1, -0.05) is 6.07 Å². The van der Waals surface area contributed by atoms with Crippen molar-refractivity contribution in [3.05, 3.63) is 34.7 Å². The van der Waals surface area contributed by atoms with Gasteiger partial charge in [0.05, 0.1) is 14.2 Å². The molecule has 246 valence electrons. The van der Waals surface area contributed by atoms with Gasteiger partial charge in [0.1, 0.15) is 17.0 Å². The van der Waals surface area contributed by atoms with Crippen LogP contribution in [-0.4, -0.2) is 98.0 Å². The number of fused-ring (bicyclic) bond motifs is 1. The van der Waals surface area contributed by atoms with Crippen molar-refractivity contribution in [2.75, 3.05) is 40.9 Å². The van der Waals surface area contributed by atoms with Crippen LogP contribution >= 0.6 is 18.9 Å². The first kappa shape index (κ1) is 34.0. The van der Waals surface area contributed by atoms with E-state index in [4.69, 9.17) is 18.5 Å². The maximum Gasteiger partial charge on any atom is 0.412 e. The molecule has 15 nitrogen and oxygen atoms in total. The Morgan fingerprint density at radius 1 is 0.911 bits per heavy atom. The Kier molecular flexibility index (Phi) is 10.6. The Morgan fingerprint density at radius 3 is 1.89 bits per heavy atom. The van der Waals surface area contributed by atoms with E-state index in [2.05, 4.69) is 9.47 Å². The molecule has 0 unspecified atom stereocenters. The van der Waals surface area contributed by atoms with E-state index in [9.17, 15) is 33.6 Å². The predicted molar refractivity (Wildman–Crippen MR) is 149 cm³/mol. The topological polar surface area (TPSA) is 185 Å². The number of hydrogen-bond acceptors (Lipinski definition) is 13. The summed E-state index contributed by atoms with van der Waals surface area (Å²) in [6, 6.07) is 2.18. The van der Waals surface area contributed by atoms with Gasteiger partial charge in [-0.25, -0.2) is 24.0 Å². The standard InChI is InChI=1S/C26H29F2N2O13PS/c1-38-22(33)17-5-3-9-29(17)24(35)40-13-42-44(37,43-14-41-25(36)30-10-4-6-18(30)23(34)39-2)26(27,28)16-7-8-19-15(11-16)12-20(45-19)21(31)32/h7-8,11-12,17-18H,3-6,9-10,13-14H2,1-2H3,(H,31,32)/t17-,18-/m0/s1. The fraction of sp³-hybridized carbons (Fsp3) is 0.500. The van der Waals surface area contributed by atoms with Crippen LogP contribution in [0.5, 0.6) is 0 Å². The zero-order chi connectivity index (χ0) is 32.9. The molecule has 19 heteroatoms. The van der Waals surface area contributed by atoms with Crippen molar-refractivity contribution in [3.8, 4) is 0 Å². The maximum absolute atomic E-state index is 15.9. The number of carbonyl (C=O) groups is 5. The molecule has 0 saturated carbocycles. The number of alkyl halides is 2. The highest BCUT2D eigenvalue weighted by Gasteiger charge is 2.56. The van der Waals surface area contributed by atoms with Gasteiger partial charge in [0.25, 0.3) is 0 Å². The highest BCUT2D eigenvalue weighted by molar-refractivity contribution is 7.54. The Bertz CT molecular complexity index is 1460. The van der Waals surface area contributed by atoms with Crippen LogP contribution in [0.1, 0.15) is 40.9 Å². The second-order valence-electron chi connectivity index (χ2n) is 9.77. The van der Waals surface area contributed by atoms with Crippen molar-refractivity contribution in [1.29, 1.82) is 0 Å². The number of likely N-dealkylation sites (tertiary alicyclic amines) is 2. The molecular weight excluding hydrogens is 649 g/mol. The molecule has 1 aromatic heterocycles. The van der Waals surface area contributed by atoms with Crippen LogP contribution in [0.25, 0.3) is 10.1 Å². The minimum absolute atomic E-state index is 0.0981. The number of benzene rings is 1. The molecule has 1 N–H and O–H groups in total. The third-order valence-electron chi connectivity index (χ3n) is 7.15. The summed E-state index contributed by atoms with van der Waals surface area (Å²) < 4.78 is 74.7. The average Bonchev–Trinajstić information content (AvgIpc) is 3.79. The van der Waals surface area contributed by atoms with Gasteiger partial charge in [-0.3, -0.25) is 23.4 Å². The SMILES string of the molecule is COC(=O)[C@@H]1CCCN1C(=O)OCOP(=O)(OCOC(=O)N1CCC[C@H]1C(=O)OC)C(F)(F)c1ccc2sc(C(=O)O)cc2c1. The van der Waals surface area contributed by atoms with Crippen molar-refractivity contribution >= 4 is 59.1 Å². The quantitative estimate of drug-likeness (QED) is 0.153. The Hall–Kier alpha value is -3.86. The van der Waals surface area contributed by atoms with Crippen LogP contribution in [0.2, 0.25) is 0 Å². The lowest BCUT2D eigenvalue weighted by Crippen LogP contribution is -2.41. The summed E-state index contributed by atoms with van der Waals surface area (Å²) in [5.74, 6) is -2.70. The van der Waals surface area contributed by atoms with Gasteiger partial charge in [-0.15, -0.1) is 11.3 Å². The molecule has 2 saturated heterocycles. The summed E-state index contributed by atoms with van der Waals surface area (Å²) in [4.78, 5) is 62.3. The number of hydrogen-bond donors (Lipinski definition) is 1. The Labute approximate surface area is 258 Å². The lowest BCUT2D eigenvalue weighted by atomic mass is 10.1. The molecule has 2 atom stereocenters. The van der Waals surface area contributed by atoms with Crippen LogP contribution in [0, 0.1) is 0 Å². The van der Waals surface area contributed by atoms with Gasteiger partial charge in [0.15, 0.2) is 0 Å². The first-order chi connectivity index (χ1) is 21.3. The van der Waals surface area contributed by atoms with Crippen LogP contribution in [0.4, 0.5) is 18.4 Å².